The van der Waals surface area contributed by atoms with E-state index in [0.29, 0.717) is 6.61 Å². The van der Waals surface area contributed by atoms with E-state index in [0.717, 1.165) is 12.8 Å². The van der Waals surface area contributed by atoms with Gasteiger partial charge in [0, 0.05) is 0 Å². The highest BCUT2D eigenvalue weighted by Gasteiger charge is 2.16. The molecule has 1 aromatic heterocycles. The fraction of sp³-hybridized carbons (Fsp3) is 0.400. The Bertz CT molecular complexity index is 329. The van der Waals surface area contributed by atoms with Crippen LogP contribution in [0.4, 0.5) is 0 Å². The molecule has 1 rings (SSSR count). The Morgan fingerprint density at radius 1 is 1.67 bits per heavy atom. The summed E-state index contributed by atoms with van der Waals surface area (Å²) in [5.41, 5.74) is -0.212. The van der Waals surface area contributed by atoms with Crippen LogP contribution in [0.25, 0.3) is 0 Å². The zero-order chi connectivity index (χ0) is 11.1. The van der Waals surface area contributed by atoms with Crippen molar-refractivity contribution in [1.29, 1.82) is 0 Å². The third kappa shape index (κ3) is 3.46. The van der Waals surface area contributed by atoms with Crippen LogP contribution < -0.4 is 0 Å². The summed E-state index contributed by atoms with van der Waals surface area (Å²) in [7, 11) is 0. The fourth-order valence-electron chi connectivity index (χ4n) is 0.922. The van der Waals surface area contributed by atoms with Gasteiger partial charge in [0.05, 0.1) is 6.26 Å². The predicted octanol–water partition coefficient (Wildman–Crippen LogP) is 1.89. The maximum Gasteiger partial charge on any atom is 0.361 e. The molecule has 0 aliphatic carbocycles. The summed E-state index contributed by atoms with van der Waals surface area (Å²) >= 11 is 0. The number of rotatable bonds is 6. The number of unbranched alkanes of at least 4 members (excludes halogenated alkanes) is 1. The first-order valence-corrected chi connectivity index (χ1v) is 4.72. The van der Waals surface area contributed by atoms with Gasteiger partial charge in [-0.25, -0.2) is 4.79 Å². The fourth-order valence-corrected chi connectivity index (χ4v) is 0.922. The maximum atomic E-state index is 10.8. The van der Waals surface area contributed by atoms with Gasteiger partial charge in [-0.05, 0) is 18.6 Å². The molecule has 0 unspecified atom stereocenters. The Kier molecular flexibility index (Phi) is 4.40. The number of carboxylic acids is 1. The molecular weight excluding hydrogens is 198 g/mol. The molecule has 5 heteroatoms. The van der Waals surface area contributed by atoms with Crippen LogP contribution in [0, 0.1) is 0 Å². The van der Waals surface area contributed by atoms with Crippen LogP contribution in [0.5, 0.6) is 0 Å². The molecule has 0 aliphatic rings. The van der Waals surface area contributed by atoms with Gasteiger partial charge >= 0.3 is 5.97 Å². The minimum absolute atomic E-state index is 0.194. The molecule has 0 aliphatic heterocycles. The summed E-state index contributed by atoms with van der Waals surface area (Å²) in [4.78, 5) is 15.7. The third-order valence-corrected chi connectivity index (χ3v) is 1.70. The second kappa shape index (κ2) is 5.85. The van der Waals surface area contributed by atoms with Crippen molar-refractivity contribution in [3.8, 4) is 0 Å². The lowest BCUT2D eigenvalue weighted by molar-refractivity contribution is -0.129. The van der Waals surface area contributed by atoms with Crippen LogP contribution in [0.3, 0.4) is 0 Å². The monoisotopic (exact) mass is 211 g/mol. The standard InChI is InChI=1S/C10H13NO4/c1-2-3-7-15-11-9(10(12)13)8-5-4-6-14-8/h4-6H,2-3,7H2,1H3,(H,12,13). The average molecular weight is 211 g/mol. The van der Waals surface area contributed by atoms with E-state index in [4.69, 9.17) is 14.4 Å². The number of carboxylic acid groups (broad SMARTS) is 1. The molecule has 1 N–H and O–H groups in total. The van der Waals surface area contributed by atoms with Crippen LogP contribution in [0.1, 0.15) is 25.5 Å². The Morgan fingerprint density at radius 2 is 2.47 bits per heavy atom. The molecule has 0 bridgehead atoms. The lowest BCUT2D eigenvalue weighted by Gasteiger charge is -1.99. The van der Waals surface area contributed by atoms with E-state index in [9.17, 15) is 4.79 Å². The molecule has 0 spiro atoms. The van der Waals surface area contributed by atoms with Crippen LogP contribution in [-0.4, -0.2) is 23.4 Å². The van der Waals surface area contributed by atoms with Crippen LogP contribution in [0.15, 0.2) is 28.0 Å². The molecule has 0 amide bonds. The Labute approximate surface area is 87.3 Å². The largest absolute Gasteiger partial charge is 0.476 e. The SMILES string of the molecule is CCCCON=C(C(=O)O)c1ccco1. The molecule has 0 atom stereocenters. The summed E-state index contributed by atoms with van der Waals surface area (Å²) < 4.78 is 4.92. The normalized spacial score (nSPS) is 11.4. The molecular formula is C10H13NO4. The van der Waals surface area contributed by atoms with E-state index in [1.165, 1.54) is 12.3 Å². The topological polar surface area (TPSA) is 72.0 Å². The van der Waals surface area contributed by atoms with Crippen LogP contribution in [0.2, 0.25) is 0 Å². The summed E-state index contributed by atoms with van der Waals surface area (Å²) in [6.45, 7) is 2.42. The summed E-state index contributed by atoms with van der Waals surface area (Å²) in [5, 5.41) is 12.4. The first kappa shape index (κ1) is 11.3. The summed E-state index contributed by atoms with van der Waals surface area (Å²) in [6.07, 6.45) is 3.20. The highest BCUT2D eigenvalue weighted by molar-refractivity contribution is 6.41. The van der Waals surface area contributed by atoms with Crippen molar-refractivity contribution in [2.24, 2.45) is 5.16 Å². The van der Waals surface area contributed by atoms with Crippen molar-refractivity contribution in [1.82, 2.24) is 0 Å². The third-order valence-electron chi connectivity index (χ3n) is 1.70. The number of hydrogen-bond acceptors (Lipinski definition) is 4. The van der Waals surface area contributed by atoms with E-state index in [-0.39, 0.29) is 11.5 Å². The Hall–Kier alpha value is -1.78. The highest BCUT2D eigenvalue weighted by Crippen LogP contribution is 2.03. The number of carbonyl (C=O) groups is 1. The van der Waals surface area contributed by atoms with Crippen molar-refractivity contribution >= 4 is 11.7 Å². The van der Waals surface area contributed by atoms with Crippen molar-refractivity contribution in [3.63, 3.8) is 0 Å². The number of aliphatic carboxylic acids is 1. The van der Waals surface area contributed by atoms with Crippen molar-refractivity contribution in [2.45, 2.75) is 19.8 Å². The first-order valence-electron chi connectivity index (χ1n) is 4.72. The maximum absolute atomic E-state index is 10.8. The van der Waals surface area contributed by atoms with Crippen molar-refractivity contribution in [3.05, 3.63) is 24.2 Å². The van der Waals surface area contributed by atoms with Crippen molar-refractivity contribution < 1.29 is 19.2 Å². The van der Waals surface area contributed by atoms with E-state index in [1.807, 2.05) is 6.92 Å². The molecule has 1 aromatic rings. The van der Waals surface area contributed by atoms with Gasteiger partial charge < -0.3 is 14.4 Å². The molecule has 0 radical (unpaired) electrons. The zero-order valence-electron chi connectivity index (χ0n) is 8.47. The van der Waals surface area contributed by atoms with Gasteiger partial charge in [0.15, 0.2) is 5.76 Å². The lowest BCUT2D eigenvalue weighted by atomic mass is 10.3. The van der Waals surface area contributed by atoms with Gasteiger partial charge in [-0.15, -0.1) is 0 Å². The first-order chi connectivity index (χ1) is 7.25. The lowest BCUT2D eigenvalue weighted by Crippen LogP contribution is -2.14. The quantitative estimate of drug-likeness (QED) is 0.443. The van der Waals surface area contributed by atoms with E-state index in [1.54, 1.807) is 6.07 Å². The van der Waals surface area contributed by atoms with Gasteiger partial charge in [0.1, 0.15) is 6.61 Å². The minimum Gasteiger partial charge on any atom is -0.476 e. The second-order valence-electron chi connectivity index (χ2n) is 2.91. The Morgan fingerprint density at radius 3 is 3.00 bits per heavy atom. The molecule has 0 aromatic carbocycles. The van der Waals surface area contributed by atoms with Gasteiger partial charge in [-0.3, -0.25) is 0 Å². The minimum atomic E-state index is -1.17. The smallest absolute Gasteiger partial charge is 0.361 e. The number of nitrogens with zero attached hydrogens (tertiary/aromatic N) is 1. The Balaban J connectivity index is 2.63. The van der Waals surface area contributed by atoms with Crippen molar-refractivity contribution in [2.75, 3.05) is 6.61 Å². The van der Waals surface area contributed by atoms with E-state index in [2.05, 4.69) is 5.16 Å². The van der Waals surface area contributed by atoms with Gasteiger partial charge in [-0.2, -0.15) is 0 Å². The van der Waals surface area contributed by atoms with Gasteiger partial charge in [0.2, 0.25) is 5.71 Å². The summed E-state index contributed by atoms with van der Waals surface area (Å²) in [6, 6.07) is 3.12. The molecule has 0 saturated heterocycles. The second-order valence-corrected chi connectivity index (χ2v) is 2.91. The van der Waals surface area contributed by atoms with E-state index >= 15 is 0 Å². The predicted molar refractivity (Wildman–Crippen MR) is 53.7 cm³/mol. The molecule has 82 valence electrons. The number of furan rings is 1. The highest BCUT2D eigenvalue weighted by atomic mass is 16.6. The molecule has 0 fully saturated rings. The molecule has 15 heavy (non-hydrogen) atoms. The average Bonchev–Trinajstić information content (AvgIpc) is 2.70. The number of oxime groups is 1. The van der Waals surface area contributed by atoms with Crippen LogP contribution >= 0.6 is 0 Å². The van der Waals surface area contributed by atoms with E-state index < -0.39 is 5.97 Å². The molecule has 0 saturated carbocycles. The summed E-state index contributed by atoms with van der Waals surface area (Å²) in [5.74, 6) is -0.972. The number of hydrogen-bond donors (Lipinski definition) is 1. The van der Waals surface area contributed by atoms with Crippen LogP contribution in [-0.2, 0) is 9.63 Å². The van der Waals surface area contributed by atoms with Gasteiger partial charge in [-0.1, -0.05) is 18.5 Å². The zero-order valence-corrected chi connectivity index (χ0v) is 8.47. The molecule has 5 nitrogen and oxygen atoms in total. The molecule has 1 heterocycles. The van der Waals surface area contributed by atoms with Gasteiger partial charge in [0.25, 0.3) is 0 Å².